The molecule has 0 atom stereocenters. The van der Waals surface area contributed by atoms with Gasteiger partial charge in [0.2, 0.25) is 0 Å². The van der Waals surface area contributed by atoms with E-state index in [0.29, 0.717) is 36.6 Å². The third-order valence-electron chi connectivity index (χ3n) is 6.03. The van der Waals surface area contributed by atoms with Gasteiger partial charge in [0.05, 0.1) is 22.2 Å². The highest BCUT2D eigenvalue weighted by molar-refractivity contribution is 6.06. The zero-order valence-corrected chi connectivity index (χ0v) is 19.5. The molecule has 0 saturated heterocycles. The summed E-state index contributed by atoms with van der Waals surface area (Å²) in [5.41, 5.74) is 3.37. The number of amides is 1. The Balaban J connectivity index is 1.36. The monoisotopic (exact) mass is 447 g/mol. The molecule has 1 amide bonds. The number of hydrogen-bond acceptors (Lipinski definition) is 5. The Labute approximate surface area is 191 Å². The molecule has 5 rings (SSSR count). The minimum atomic E-state index is -0.239. The van der Waals surface area contributed by atoms with Gasteiger partial charge in [-0.25, -0.2) is 19.1 Å². The smallest absolute Gasteiger partial charge is 0.350 e. The molecule has 9 nitrogen and oxygen atoms in total. The van der Waals surface area contributed by atoms with Crippen LogP contribution in [0.5, 0.6) is 0 Å². The normalized spacial score (nSPS) is 14.3. The maximum Gasteiger partial charge on any atom is 0.350 e. The van der Waals surface area contributed by atoms with E-state index in [-0.39, 0.29) is 17.1 Å². The van der Waals surface area contributed by atoms with Gasteiger partial charge in [-0.2, -0.15) is 5.10 Å². The van der Waals surface area contributed by atoms with Crippen molar-refractivity contribution in [1.29, 1.82) is 0 Å². The maximum absolute atomic E-state index is 13.2. The average Bonchev–Trinajstić information content (AvgIpc) is 3.51. The highest BCUT2D eigenvalue weighted by Crippen LogP contribution is 2.41. The maximum atomic E-state index is 13.2. The van der Waals surface area contributed by atoms with Crippen LogP contribution in [0, 0.1) is 6.92 Å². The lowest BCUT2D eigenvalue weighted by molar-refractivity contribution is 0.0954. The summed E-state index contributed by atoms with van der Waals surface area (Å²) in [4.78, 5) is 30.5. The summed E-state index contributed by atoms with van der Waals surface area (Å²) in [6.45, 7) is 9.06. The van der Waals surface area contributed by atoms with Crippen molar-refractivity contribution in [3.63, 3.8) is 0 Å². The molecule has 0 spiro atoms. The van der Waals surface area contributed by atoms with Gasteiger partial charge in [-0.3, -0.25) is 9.20 Å². The second-order valence-corrected chi connectivity index (χ2v) is 9.78. The van der Waals surface area contributed by atoms with Crippen LogP contribution in [-0.2, 0) is 12.1 Å². The van der Waals surface area contributed by atoms with Crippen LogP contribution in [0.25, 0.3) is 16.7 Å². The average molecular weight is 448 g/mol. The molecule has 0 aliphatic heterocycles. The number of rotatable bonds is 6. The van der Waals surface area contributed by atoms with Crippen LogP contribution < -0.4 is 11.0 Å². The van der Waals surface area contributed by atoms with Crippen molar-refractivity contribution in [2.45, 2.75) is 65.0 Å². The van der Waals surface area contributed by atoms with Crippen molar-refractivity contribution < 1.29 is 4.79 Å². The summed E-state index contributed by atoms with van der Waals surface area (Å²) >= 11 is 0. The number of hydrogen-bond donors (Lipinski definition) is 1. The fourth-order valence-corrected chi connectivity index (χ4v) is 4.18. The Morgan fingerprint density at radius 1 is 1.21 bits per heavy atom. The summed E-state index contributed by atoms with van der Waals surface area (Å²) in [6.07, 6.45) is 4.51. The Morgan fingerprint density at radius 3 is 2.70 bits per heavy atom. The van der Waals surface area contributed by atoms with Crippen LogP contribution in [0.15, 0.2) is 35.3 Å². The third-order valence-corrected chi connectivity index (χ3v) is 6.03. The van der Waals surface area contributed by atoms with Gasteiger partial charge >= 0.3 is 5.69 Å². The molecule has 0 unspecified atom stereocenters. The molecule has 0 aromatic carbocycles. The zero-order valence-electron chi connectivity index (χ0n) is 19.5. The summed E-state index contributed by atoms with van der Waals surface area (Å²) in [5.74, 6) is 0.287. The molecule has 1 aliphatic rings. The standard InChI is InChI=1S/C24H29N7O2/c1-15-20-17(14-18(16-9-10-16)26-21(20)31(27-15)24(2,3)4)22(32)25-11-7-13-30-23(33)29-12-6-5-8-19(29)28-30/h5-6,8,12,14,16H,7,9-11,13H2,1-4H3,(H,25,32). The highest BCUT2D eigenvalue weighted by atomic mass is 16.2. The number of aromatic nitrogens is 6. The molecular formula is C24H29N7O2. The molecule has 4 aromatic heterocycles. The highest BCUT2D eigenvalue weighted by Gasteiger charge is 2.30. The SMILES string of the molecule is Cc1nn(C(C)(C)C)c2nc(C3CC3)cc(C(=O)NCCCn3nc4ccccn4c3=O)c12. The number of aryl methyl sites for hydroxylation is 2. The Kier molecular flexibility index (Phi) is 5.07. The van der Waals surface area contributed by atoms with E-state index in [1.54, 1.807) is 18.3 Å². The first-order chi connectivity index (χ1) is 15.7. The number of nitrogens with one attached hydrogen (secondary N) is 1. The summed E-state index contributed by atoms with van der Waals surface area (Å²) in [7, 11) is 0. The molecule has 9 heteroatoms. The van der Waals surface area contributed by atoms with Crippen molar-refractivity contribution >= 4 is 22.6 Å². The third kappa shape index (κ3) is 3.92. The summed E-state index contributed by atoms with van der Waals surface area (Å²) in [5, 5.41) is 12.9. The molecule has 172 valence electrons. The topological polar surface area (TPSA) is 99.1 Å². The van der Waals surface area contributed by atoms with Crippen molar-refractivity contribution in [1.82, 2.24) is 34.3 Å². The predicted molar refractivity (Wildman–Crippen MR) is 126 cm³/mol. The van der Waals surface area contributed by atoms with E-state index in [0.717, 1.165) is 35.3 Å². The Hall–Kier alpha value is -3.49. The second kappa shape index (κ2) is 7.83. The van der Waals surface area contributed by atoms with Crippen LogP contribution in [0.4, 0.5) is 0 Å². The number of fused-ring (bicyclic) bond motifs is 2. The summed E-state index contributed by atoms with van der Waals surface area (Å²) < 4.78 is 4.88. The lowest BCUT2D eigenvalue weighted by Gasteiger charge is -2.20. The molecule has 4 aromatic rings. The molecule has 4 heterocycles. The molecule has 1 N–H and O–H groups in total. The molecule has 1 aliphatic carbocycles. The van der Waals surface area contributed by atoms with Gasteiger partial charge in [-0.15, -0.1) is 5.10 Å². The Bertz CT molecular complexity index is 1420. The van der Waals surface area contributed by atoms with Crippen LogP contribution in [0.2, 0.25) is 0 Å². The van der Waals surface area contributed by atoms with Gasteiger partial charge in [-0.05, 0) is 65.2 Å². The van der Waals surface area contributed by atoms with E-state index in [9.17, 15) is 9.59 Å². The molecule has 1 saturated carbocycles. The number of carbonyl (C=O) groups is 1. The van der Waals surface area contributed by atoms with Crippen LogP contribution in [-0.4, -0.2) is 41.4 Å². The second-order valence-electron chi connectivity index (χ2n) is 9.78. The van der Waals surface area contributed by atoms with E-state index in [2.05, 4.69) is 31.2 Å². The number of pyridine rings is 2. The lowest BCUT2D eigenvalue weighted by atomic mass is 10.1. The number of nitrogens with zero attached hydrogens (tertiary/aromatic N) is 6. The van der Waals surface area contributed by atoms with Gasteiger partial charge in [0.15, 0.2) is 11.3 Å². The lowest BCUT2D eigenvalue weighted by Crippen LogP contribution is -2.28. The van der Waals surface area contributed by atoms with Crippen molar-refractivity contribution in [3.05, 3.63) is 57.9 Å². The van der Waals surface area contributed by atoms with Gasteiger partial charge in [0, 0.05) is 30.9 Å². The van der Waals surface area contributed by atoms with Gasteiger partial charge in [0.1, 0.15) is 0 Å². The molecule has 0 bridgehead atoms. The van der Waals surface area contributed by atoms with E-state index >= 15 is 0 Å². The van der Waals surface area contributed by atoms with Crippen molar-refractivity contribution in [2.75, 3.05) is 6.54 Å². The summed E-state index contributed by atoms with van der Waals surface area (Å²) in [6, 6.07) is 7.38. The first kappa shape index (κ1) is 21.4. The van der Waals surface area contributed by atoms with Crippen LogP contribution in [0.1, 0.15) is 67.7 Å². The van der Waals surface area contributed by atoms with Crippen molar-refractivity contribution in [2.24, 2.45) is 0 Å². The first-order valence-electron chi connectivity index (χ1n) is 11.5. The van der Waals surface area contributed by atoms with E-state index in [4.69, 9.17) is 10.1 Å². The first-order valence-corrected chi connectivity index (χ1v) is 11.5. The van der Waals surface area contributed by atoms with E-state index < -0.39 is 0 Å². The Morgan fingerprint density at radius 2 is 2.00 bits per heavy atom. The quantitative estimate of drug-likeness (QED) is 0.458. The minimum absolute atomic E-state index is 0.136. The molecular weight excluding hydrogens is 418 g/mol. The molecule has 33 heavy (non-hydrogen) atoms. The van der Waals surface area contributed by atoms with Gasteiger partial charge < -0.3 is 5.32 Å². The van der Waals surface area contributed by atoms with Gasteiger partial charge in [0.25, 0.3) is 5.91 Å². The van der Waals surface area contributed by atoms with Gasteiger partial charge in [-0.1, -0.05) is 6.07 Å². The number of carbonyl (C=O) groups excluding carboxylic acids is 1. The molecule has 0 radical (unpaired) electrons. The van der Waals surface area contributed by atoms with Crippen molar-refractivity contribution in [3.8, 4) is 0 Å². The fourth-order valence-electron chi connectivity index (χ4n) is 4.18. The van der Waals surface area contributed by atoms with E-state index in [1.807, 2.05) is 23.7 Å². The fraction of sp³-hybridized carbons (Fsp3) is 0.458. The van der Waals surface area contributed by atoms with E-state index in [1.165, 1.54) is 9.08 Å². The molecule has 1 fully saturated rings. The van der Waals surface area contributed by atoms with Crippen LogP contribution in [0.3, 0.4) is 0 Å². The largest absolute Gasteiger partial charge is 0.352 e. The predicted octanol–water partition coefficient (Wildman–Crippen LogP) is 3.00. The zero-order chi connectivity index (χ0) is 23.3. The minimum Gasteiger partial charge on any atom is -0.352 e. The van der Waals surface area contributed by atoms with Crippen LogP contribution >= 0.6 is 0 Å².